The molecule has 1 aliphatic rings. The Morgan fingerprint density at radius 1 is 1.17 bits per heavy atom. The largest absolute Gasteiger partial charge is 0.497 e. The van der Waals surface area contributed by atoms with Gasteiger partial charge in [0.25, 0.3) is 0 Å². The number of likely N-dealkylation sites (N-methyl/N-ethyl adjacent to an activating group) is 1. The predicted molar refractivity (Wildman–Crippen MR) is 116 cm³/mol. The molecule has 0 aliphatic carbocycles. The molecule has 1 saturated heterocycles. The summed E-state index contributed by atoms with van der Waals surface area (Å²) in [5.74, 6) is 1.73. The second-order valence-electron chi connectivity index (χ2n) is 7.88. The average Bonchev–Trinajstić information content (AvgIpc) is 2.76. The summed E-state index contributed by atoms with van der Waals surface area (Å²) >= 11 is 0. The van der Waals surface area contributed by atoms with Crippen molar-refractivity contribution in [3.63, 3.8) is 0 Å². The predicted octanol–water partition coefficient (Wildman–Crippen LogP) is 2.78. The van der Waals surface area contributed by atoms with Crippen LogP contribution < -0.4 is 14.8 Å². The van der Waals surface area contributed by atoms with Crippen LogP contribution in [0, 0.1) is 0 Å². The van der Waals surface area contributed by atoms with Crippen molar-refractivity contribution < 1.29 is 9.47 Å². The van der Waals surface area contributed by atoms with Crippen LogP contribution in [0.2, 0.25) is 0 Å². The highest BCUT2D eigenvalue weighted by atomic mass is 16.5. The van der Waals surface area contributed by atoms with Crippen molar-refractivity contribution in [1.82, 2.24) is 20.1 Å². The molecular weight excluding hydrogens is 364 g/mol. The maximum Gasteiger partial charge on any atom is 0.130 e. The molecule has 6 heteroatoms. The van der Waals surface area contributed by atoms with E-state index in [1.165, 1.54) is 12.8 Å². The fourth-order valence-corrected chi connectivity index (χ4v) is 3.55. The highest BCUT2D eigenvalue weighted by Gasteiger charge is 2.19. The molecule has 1 aromatic heterocycles. The minimum absolute atomic E-state index is 0.463. The number of ether oxygens (including phenoxy) is 2. The number of hydrogen-bond donors (Lipinski definition) is 1. The molecule has 0 saturated carbocycles. The zero-order valence-corrected chi connectivity index (χ0v) is 17.9. The van der Waals surface area contributed by atoms with Gasteiger partial charge < -0.3 is 24.6 Å². The number of methoxy groups -OCH3 is 1. The van der Waals surface area contributed by atoms with Crippen LogP contribution in [0.4, 0.5) is 0 Å². The first kappa shape index (κ1) is 21.6. The number of aromatic nitrogens is 1. The van der Waals surface area contributed by atoms with Crippen LogP contribution >= 0.6 is 0 Å². The highest BCUT2D eigenvalue weighted by Crippen LogP contribution is 2.25. The SMILES string of the molecule is COc1ccc(OCc2ccccn2)c(CNC2CCN(CCN(C)C)CC2)c1. The van der Waals surface area contributed by atoms with E-state index in [0.717, 1.165) is 55.5 Å². The molecule has 3 rings (SSSR count). The molecule has 29 heavy (non-hydrogen) atoms. The zero-order valence-electron chi connectivity index (χ0n) is 17.9. The van der Waals surface area contributed by atoms with E-state index >= 15 is 0 Å². The van der Waals surface area contributed by atoms with Gasteiger partial charge in [0.15, 0.2) is 0 Å². The van der Waals surface area contributed by atoms with Crippen LogP contribution in [0.15, 0.2) is 42.6 Å². The fraction of sp³-hybridized carbons (Fsp3) is 0.522. The Bertz CT molecular complexity index is 731. The van der Waals surface area contributed by atoms with Crippen LogP contribution in [-0.4, -0.2) is 68.2 Å². The Morgan fingerprint density at radius 3 is 2.69 bits per heavy atom. The average molecular weight is 399 g/mol. The first-order valence-corrected chi connectivity index (χ1v) is 10.4. The lowest BCUT2D eigenvalue weighted by molar-refractivity contribution is 0.181. The molecule has 0 atom stereocenters. The van der Waals surface area contributed by atoms with Gasteiger partial charge in [-0.3, -0.25) is 4.98 Å². The van der Waals surface area contributed by atoms with Crippen molar-refractivity contribution in [2.24, 2.45) is 0 Å². The topological polar surface area (TPSA) is 49.9 Å². The number of rotatable bonds is 10. The Morgan fingerprint density at radius 2 is 2.00 bits per heavy atom. The molecule has 2 aromatic rings. The molecule has 0 radical (unpaired) electrons. The molecular formula is C23H34N4O2. The summed E-state index contributed by atoms with van der Waals surface area (Å²) in [7, 11) is 5.97. The van der Waals surface area contributed by atoms with Crippen LogP contribution in [0.5, 0.6) is 11.5 Å². The van der Waals surface area contributed by atoms with Gasteiger partial charge in [-0.05, 0) is 70.4 Å². The van der Waals surface area contributed by atoms with Gasteiger partial charge in [0.05, 0.1) is 12.8 Å². The number of hydrogen-bond acceptors (Lipinski definition) is 6. The van der Waals surface area contributed by atoms with E-state index in [9.17, 15) is 0 Å². The molecule has 2 heterocycles. The number of likely N-dealkylation sites (tertiary alicyclic amines) is 1. The first-order chi connectivity index (χ1) is 14.1. The van der Waals surface area contributed by atoms with E-state index in [-0.39, 0.29) is 0 Å². The highest BCUT2D eigenvalue weighted by molar-refractivity contribution is 5.40. The molecule has 0 bridgehead atoms. The number of pyridine rings is 1. The molecule has 6 nitrogen and oxygen atoms in total. The fourth-order valence-electron chi connectivity index (χ4n) is 3.55. The van der Waals surface area contributed by atoms with Crippen molar-refractivity contribution in [2.45, 2.75) is 32.0 Å². The van der Waals surface area contributed by atoms with Crippen molar-refractivity contribution in [1.29, 1.82) is 0 Å². The smallest absolute Gasteiger partial charge is 0.130 e. The Kier molecular flexibility index (Phi) is 8.28. The summed E-state index contributed by atoms with van der Waals surface area (Å²) < 4.78 is 11.5. The monoisotopic (exact) mass is 398 g/mol. The van der Waals surface area contributed by atoms with E-state index in [0.29, 0.717) is 12.6 Å². The quantitative estimate of drug-likeness (QED) is 0.664. The number of nitrogens with zero attached hydrogens (tertiary/aromatic N) is 3. The van der Waals surface area contributed by atoms with Gasteiger partial charge in [-0.25, -0.2) is 0 Å². The zero-order chi connectivity index (χ0) is 20.5. The molecule has 1 N–H and O–H groups in total. The van der Waals surface area contributed by atoms with Gasteiger partial charge in [-0.15, -0.1) is 0 Å². The van der Waals surface area contributed by atoms with E-state index in [4.69, 9.17) is 9.47 Å². The van der Waals surface area contributed by atoms with Crippen LogP contribution in [0.3, 0.4) is 0 Å². The van der Waals surface area contributed by atoms with Crippen molar-refractivity contribution in [2.75, 3.05) is 47.4 Å². The lowest BCUT2D eigenvalue weighted by Crippen LogP contribution is -2.44. The van der Waals surface area contributed by atoms with Gasteiger partial charge in [0.2, 0.25) is 0 Å². The Hall–Kier alpha value is -2.15. The molecule has 1 fully saturated rings. The van der Waals surface area contributed by atoms with E-state index in [1.807, 2.05) is 30.3 Å². The molecule has 0 unspecified atom stereocenters. The lowest BCUT2D eigenvalue weighted by atomic mass is 10.0. The Labute approximate surface area is 174 Å². The van der Waals surface area contributed by atoms with Crippen molar-refractivity contribution in [3.8, 4) is 11.5 Å². The molecule has 158 valence electrons. The molecule has 1 aromatic carbocycles. The number of benzene rings is 1. The first-order valence-electron chi connectivity index (χ1n) is 10.4. The van der Waals surface area contributed by atoms with Crippen molar-refractivity contribution >= 4 is 0 Å². The lowest BCUT2D eigenvalue weighted by Gasteiger charge is -2.33. The third-order valence-electron chi connectivity index (χ3n) is 5.40. The minimum atomic E-state index is 0.463. The molecule has 0 amide bonds. The maximum absolute atomic E-state index is 6.06. The summed E-state index contributed by atoms with van der Waals surface area (Å²) in [6.07, 6.45) is 4.16. The third kappa shape index (κ3) is 6.99. The standard InChI is InChI=1S/C23H34N4O2/c1-26(2)14-15-27-12-9-20(10-13-27)25-17-19-16-22(28-3)7-8-23(19)29-18-21-6-4-5-11-24-21/h4-8,11,16,20,25H,9-10,12-15,17-18H2,1-3H3. The van der Waals surface area contributed by atoms with Gasteiger partial charge >= 0.3 is 0 Å². The van der Waals surface area contributed by atoms with Crippen LogP contribution in [0.25, 0.3) is 0 Å². The summed E-state index contributed by atoms with van der Waals surface area (Å²) in [4.78, 5) is 9.15. The molecule has 1 aliphatic heterocycles. The third-order valence-corrected chi connectivity index (χ3v) is 5.40. The Balaban J connectivity index is 1.53. The minimum Gasteiger partial charge on any atom is -0.497 e. The van der Waals surface area contributed by atoms with Gasteiger partial charge in [0.1, 0.15) is 18.1 Å². The van der Waals surface area contributed by atoms with Gasteiger partial charge in [-0.1, -0.05) is 6.07 Å². The van der Waals surface area contributed by atoms with Crippen LogP contribution in [0.1, 0.15) is 24.1 Å². The number of nitrogens with one attached hydrogen (secondary N) is 1. The summed E-state index contributed by atoms with van der Waals surface area (Å²) in [6.45, 7) is 5.83. The number of piperidine rings is 1. The maximum atomic E-state index is 6.06. The second-order valence-corrected chi connectivity index (χ2v) is 7.88. The van der Waals surface area contributed by atoms with Gasteiger partial charge in [-0.2, -0.15) is 0 Å². The van der Waals surface area contributed by atoms with Crippen molar-refractivity contribution in [3.05, 3.63) is 53.9 Å². The second kappa shape index (κ2) is 11.1. The van der Waals surface area contributed by atoms with Crippen LogP contribution in [-0.2, 0) is 13.2 Å². The van der Waals surface area contributed by atoms with E-state index in [1.54, 1.807) is 13.3 Å². The van der Waals surface area contributed by atoms with E-state index < -0.39 is 0 Å². The van der Waals surface area contributed by atoms with Gasteiger partial charge in [0, 0.05) is 37.4 Å². The summed E-state index contributed by atoms with van der Waals surface area (Å²) in [5, 5.41) is 3.72. The molecule has 0 spiro atoms. The summed E-state index contributed by atoms with van der Waals surface area (Å²) in [6, 6.07) is 12.4. The van der Waals surface area contributed by atoms with E-state index in [2.05, 4.69) is 40.3 Å². The summed E-state index contributed by atoms with van der Waals surface area (Å²) in [5.41, 5.74) is 2.04. The normalized spacial score (nSPS) is 15.6.